The number of rotatable bonds is 5. The Labute approximate surface area is 115 Å². The maximum atomic E-state index is 12.1. The van der Waals surface area contributed by atoms with Crippen molar-refractivity contribution in [1.82, 2.24) is 14.7 Å². The van der Waals surface area contributed by atoms with Crippen LogP contribution in [0, 0.1) is 6.92 Å². The molecular weight excluding hydrogens is 262 g/mol. The van der Waals surface area contributed by atoms with Crippen molar-refractivity contribution < 1.29 is 19.7 Å². The van der Waals surface area contributed by atoms with Crippen LogP contribution >= 0.6 is 0 Å². The summed E-state index contributed by atoms with van der Waals surface area (Å²) in [6.45, 7) is 3.51. The lowest BCUT2D eigenvalue weighted by molar-refractivity contribution is 0.0544. The van der Waals surface area contributed by atoms with Crippen molar-refractivity contribution in [2.24, 2.45) is 0 Å². The van der Waals surface area contributed by atoms with Crippen molar-refractivity contribution in [1.29, 1.82) is 0 Å². The van der Waals surface area contributed by atoms with E-state index in [4.69, 9.17) is 9.84 Å². The van der Waals surface area contributed by atoms with Gasteiger partial charge in [-0.2, -0.15) is 0 Å². The molecule has 0 bridgehead atoms. The molecule has 20 heavy (non-hydrogen) atoms. The topological polar surface area (TPSA) is 96.1 Å². The second kappa shape index (κ2) is 5.89. The number of nitrogens with zero attached hydrogens (tertiary/aromatic N) is 2. The van der Waals surface area contributed by atoms with Gasteiger partial charge in [-0.1, -0.05) is 0 Å². The average Bonchev–Trinajstić information content (AvgIpc) is 2.76. The molecule has 108 valence electrons. The Bertz CT molecular complexity index is 623. The number of fused-ring (bicyclic) bond motifs is 1. The third kappa shape index (κ3) is 2.59. The van der Waals surface area contributed by atoms with E-state index in [1.807, 2.05) is 6.92 Å². The Balaban J connectivity index is 2.46. The Hall–Kier alpha value is -2.12. The van der Waals surface area contributed by atoms with Crippen molar-refractivity contribution in [2.75, 3.05) is 13.2 Å². The van der Waals surface area contributed by atoms with Gasteiger partial charge in [-0.05, 0) is 26.0 Å². The second-order valence-corrected chi connectivity index (χ2v) is 4.22. The number of ether oxygens (including phenoxy) is 1. The first-order chi connectivity index (χ1) is 9.58. The lowest BCUT2D eigenvalue weighted by atomic mass is 10.3. The van der Waals surface area contributed by atoms with E-state index < -0.39 is 18.7 Å². The van der Waals surface area contributed by atoms with Crippen LogP contribution in [-0.2, 0) is 0 Å². The number of imidazole rings is 1. The minimum absolute atomic E-state index is 0.300. The summed E-state index contributed by atoms with van der Waals surface area (Å²) in [5.74, 6) is 0.0741. The van der Waals surface area contributed by atoms with E-state index in [-0.39, 0.29) is 0 Å². The Morgan fingerprint density at radius 3 is 3.00 bits per heavy atom. The second-order valence-electron chi connectivity index (χ2n) is 4.22. The number of aliphatic hydroxyl groups is 2. The molecule has 1 amide bonds. The number of aromatic nitrogens is 2. The predicted molar refractivity (Wildman–Crippen MR) is 71.7 cm³/mol. The maximum Gasteiger partial charge on any atom is 0.272 e. The number of pyridine rings is 1. The fourth-order valence-corrected chi connectivity index (χ4v) is 1.96. The molecule has 3 N–H and O–H groups in total. The van der Waals surface area contributed by atoms with Gasteiger partial charge >= 0.3 is 0 Å². The SMILES string of the molecule is CCOc1cccn2c(C(=O)N[C@H](O)CO)c(C)nc12. The number of amides is 1. The summed E-state index contributed by atoms with van der Waals surface area (Å²) < 4.78 is 7.06. The molecule has 0 aromatic carbocycles. The van der Waals surface area contributed by atoms with Crippen LogP contribution in [0.15, 0.2) is 18.3 Å². The Kier molecular flexibility index (Phi) is 4.21. The van der Waals surface area contributed by atoms with Crippen LogP contribution in [0.2, 0.25) is 0 Å². The molecule has 0 aliphatic carbocycles. The quantitative estimate of drug-likeness (QED) is 0.674. The largest absolute Gasteiger partial charge is 0.490 e. The van der Waals surface area contributed by atoms with Crippen molar-refractivity contribution in [3.63, 3.8) is 0 Å². The molecular formula is C13H17N3O4. The van der Waals surface area contributed by atoms with Crippen LogP contribution in [0.3, 0.4) is 0 Å². The molecule has 0 fully saturated rings. The highest BCUT2D eigenvalue weighted by Crippen LogP contribution is 2.21. The zero-order valence-electron chi connectivity index (χ0n) is 11.3. The molecule has 0 aliphatic heterocycles. The molecule has 1 atom stereocenters. The molecule has 2 rings (SSSR count). The van der Waals surface area contributed by atoms with E-state index in [0.29, 0.717) is 29.4 Å². The van der Waals surface area contributed by atoms with E-state index in [0.717, 1.165) is 0 Å². The third-order valence-corrected chi connectivity index (χ3v) is 2.77. The lowest BCUT2D eigenvalue weighted by Gasteiger charge is -2.10. The van der Waals surface area contributed by atoms with E-state index in [1.165, 1.54) is 0 Å². The first kappa shape index (κ1) is 14.3. The van der Waals surface area contributed by atoms with Crippen LogP contribution < -0.4 is 10.1 Å². The summed E-state index contributed by atoms with van der Waals surface area (Å²) >= 11 is 0. The minimum atomic E-state index is -1.30. The summed E-state index contributed by atoms with van der Waals surface area (Å²) in [5, 5.41) is 20.3. The number of aliphatic hydroxyl groups excluding tert-OH is 2. The zero-order valence-corrected chi connectivity index (χ0v) is 11.3. The number of carbonyl (C=O) groups is 1. The molecule has 0 aliphatic rings. The van der Waals surface area contributed by atoms with Gasteiger partial charge in [0, 0.05) is 6.20 Å². The van der Waals surface area contributed by atoms with Gasteiger partial charge in [0.05, 0.1) is 18.9 Å². The first-order valence-electron chi connectivity index (χ1n) is 6.28. The number of nitrogens with one attached hydrogen (secondary N) is 1. The Morgan fingerprint density at radius 2 is 2.35 bits per heavy atom. The summed E-state index contributed by atoms with van der Waals surface area (Å²) in [6.07, 6.45) is 0.389. The molecule has 2 aromatic rings. The average molecular weight is 279 g/mol. The van der Waals surface area contributed by atoms with Crippen molar-refractivity contribution in [3.05, 3.63) is 29.7 Å². The van der Waals surface area contributed by atoms with Crippen LogP contribution in [0.25, 0.3) is 5.65 Å². The number of hydrogen-bond donors (Lipinski definition) is 3. The third-order valence-electron chi connectivity index (χ3n) is 2.77. The summed E-state index contributed by atoms with van der Waals surface area (Å²) in [6, 6.07) is 3.52. The maximum absolute atomic E-state index is 12.1. The molecule has 2 heterocycles. The smallest absolute Gasteiger partial charge is 0.272 e. The summed E-state index contributed by atoms with van der Waals surface area (Å²) in [5.41, 5.74) is 1.35. The van der Waals surface area contributed by atoms with E-state index >= 15 is 0 Å². The fraction of sp³-hybridized carbons (Fsp3) is 0.385. The molecule has 0 unspecified atom stereocenters. The van der Waals surface area contributed by atoms with Crippen LogP contribution in [0.4, 0.5) is 0 Å². The summed E-state index contributed by atoms with van der Waals surface area (Å²) in [7, 11) is 0. The molecule has 0 saturated heterocycles. The van der Waals surface area contributed by atoms with E-state index in [2.05, 4.69) is 10.3 Å². The molecule has 7 heteroatoms. The van der Waals surface area contributed by atoms with Crippen molar-refractivity contribution in [2.45, 2.75) is 20.1 Å². The normalized spacial score (nSPS) is 12.4. The van der Waals surface area contributed by atoms with Gasteiger partial charge in [-0.3, -0.25) is 9.20 Å². The number of carbonyl (C=O) groups excluding carboxylic acids is 1. The van der Waals surface area contributed by atoms with Crippen molar-refractivity contribution in [3.8, 4) is 5.75 Å². The zero-order chi connectivity index (χ0) is 14.7. The van der Waals surface area contributed by atoms with Crippen molar-refractivity contribution >= 4 is 11.6 Å². The van der Waals surface area contributed by atoms with Gasteiger partial charge in [0.25, 0.3) is 5.91 Å². The van der Waals surface area contributed by atoms with E-state index in [1.54, 1.807) is 29.7 Å². The predicted octanol–water partition coefficient (Wildman–Crippen LogP) is 0.0819. The highest BCUT2D eigenvalue weighted by atomic mass is 16.5. The van der Waals surface area contributed by atoms with Gasteiger partial charge in [0.2, 0.25) is 0 Å². The van der Waals surface area contributed by atoms with Gasteiger partial charge in [0.15, 0.2) is 11.4 Å². The monoisotopic (exact) mass is 279 g/mol. The summed E-state index contributed by atoms with van der Waals surface area (Å²) in [4.78, 5) is 16.4. The Morgan fingerprint density at radius 1 is 1.60 bits per heavy atom. The molecule has 0 spiro atoms. The van der Waals surface area contributed by atoms with Crippen LogP contribution in [-0.4, -0.2) is 44.9 Å². The van der Waals surface area contributed by atoms with Gasteiger partial charge < -0.3 is 20.3 Å². The highest BCUT2D eigenvalue weighted by molar-refractivity contribution is 5.95. The van der Waals surface area contributed by atoms with Crippen LogP contribution in [0.5, 0.6) is 5.75 Å². The molecule has 2 aromatic heterocycles. The van der Waals surface area contributed by atoms with Crippen LogP contribution in [0.1, 0.15) is 23.1 Å². The van der Waals surface area contributed by atoms with Gasteiger partial charge in [-0.25, -0.2) is 4.98 Å². The van der Waals surface area contributed by atoms with Gasteiger partial charge in [-0.15, -0.1) is 0 Å². The highest BCUT2D eigenvalue weighted by Gasteiger charge is 2.20. The molecule has 7 nitrogen and oxygen atoms in total. The fourth-order valence-electron chi connectivity index (χ4n) is 1.96. The first-order valence-corrected chi connectivity index (χ1v) is 6.28. The standard InChI is InChI=1S/C13H17N3O4/c1-3-20-9-5-4-6-16-11(8(2)14-12(9)16)13(19)15-10(18)7-17/h4-6,10,17-18H,3,7H2,1-2H3,(H,15,19)/t10-/m1/s1. The van der Waals surface area contributed by atoms with Gasteiger partial charge in [0.1, 0.15) is 11.9 Å². The number of aryl methyl sites for hydroxylation is 1. The minimum Gasteiger partial charge on any atom is -0.490 e. The van der Waals surface area contributed by atoms with E-state index in [9.17, 15) is 9.90 Å². The number of hydrogen-bond acceptors (Lipinski definition) is 5. The molecule has 0 radical (unpaired) electrons. The molecule has 0 saturated carbocycles. The lowest BCUT2D eigenvalue weighted by Crippen LogP contribution is -2.38.